The topological polar surface area (TPSA) is 98.9 Å². The first kappa shape index (κ1) is 17.4. The fourth-order valence-electron chi connectivity index (χ4n) is 2.68. The molecule has 0 aliphatic carbocycles. The number of amides is 2. The van der Waals surface area contributed by atoms with Crippen LogP contribution in [0.4, 0.5) is 10.1 Å². The summed E-state index contributed by atoms with van der Waals surface area (Å²) in [4.78, 5) is 24.7. The molecule has 1 saturated heterocycles. The molecule has 2 amide bonds. The van der Waals surface area contributed by atoms with Gasteiger partial charge in [-0.05, 0) is 38.1 Å². The van der Waals surface area contributed by atoms with E-state index in [9.17, 15) is 14.0 Å². The number of rotatable bonds is 4. The van der Waals surface area contributed by atoms with Crippen LogP contribution in [0.3, 0.4) is 0 Å². The van der Waals surface area contributed by atoms with Crippen molar-refractivity contribution in [1.29, 1.82) is 0 Å². The van der Waals surface area contributed by atoms with Crippen molar-refractivity contribution in [3.05, 3.63) is 46.5 Å². The molecule has 0 spiro atoms. The Kier molecular flexibility index (Phi) is 5.30. The molecule has 1 aliphatic heterocycles. The van der Waals surface area contributed by atoms with Gasteiger partial charge in [0.15, 0.2) is 0 Å². The van der Waals surface area contributed by atoms with Crippen LogP contribution in [0.15, 0.2) is 24.4 Å². The molecule has 0 atom stereocenters. The van der Waals surface area contributed by atoms with E-state index in [1.54, 1.807) is 0 Å². The fourth-order valence-corrected chi connectivity index (χ4v) is 2.93. The number of anilines is 1. The predicted molar refractivity (Wildman–Crippen MR) is 93.4 cm³/mol. The molecule has 9 heteroatoms. The maximum atomic E-state index is 13.8. The summed E-state index contributed by atoms with van der Waals surface area (Å²) in [5, 5.41) is 14.9. The van der Waals surface area contributed by atoms with E-state index in [-0.39, 0.29) is 35.3 Å². The standard InChI is InChI=1S/C16H17ClFN5O2.H2/c17-10-2-1-3-11(18)13(10)15(24)22-12-8-20-23-14(12)16(25)21-9-4-6-19-7-5-9;/h1-3,8-9,19H,4-7H2,(H,20,23)(H,21,25)(H,22,24);1H. The molecule has 1 fully saturated rings. The van der Waals surface area contributed by atoms with Gasteiger partial charge in [0.2, 0.25) is 0 Å². The molecular weight excluding hydrogens is 349 g/mol. The summed E-state index contributed by atoms with van der Waals surface area (Å²) in [6, 6.07) is 4.02. The molecule has 0 radical (unpaired) electrons. The van der Waals surface area contributed by atoms with E-state index in [0.29, 0.717) is 0 Å². The first-order chi connectivity index (χ1) is 12.1. The summed E-state index contributed by atoms with van der Waals surface area (Å²) in [6.07, 6.45) is 2.95. The number of benzene rings is 1. The van der Waals surface area contributed by atoms with E-state index in [0.717, 1.165) is 32.0 Å². The van der Waals surface area contributed by atoms with Crippen molar-refractivity contribution in [2.45, 2.75) is 18.9 Å². The first-order valence-corrected chi connectivity index (χ1v) is 8.24. The highest BCUT2D eigenvalue weighted by Gasteiger charge is 2.22. The van der Waals surface area contributed by atoms with Crippen LogP contribution < -0.4 is 16.0 Å². The lowest BCUT2D eigenvalue weighted by molar-refractivity contribution is 0.0925. The number of halogens is 2. The van der Waals surface area contributed by atoms with Crippen LogP contribution in [0.5, 0.6) is 0 Å². The lowest BCUT2D eigenvalue weighted by Crippen LogP contribution is -2.43. The van der Waals surface area contributed by atoms with Crippen molar-refractivity contribution in [2.75, 3.05) is 18.4 Å². The molecular formula is C16H19ClFN5O2. The lowest BCUT2D eigenvalue weighted by Gasteiger charge is -2.23. The number of nitrogens with zero attached hydrogens (tertiary/aromatic N) is 1. The van der Waals surface area contributed by atoms with Crippen molar-refractivity contribution < 1.29 is 15.4 Å². The van der Waals surface area contributed by atoms with E-state index in [1.807, 2.05) is 0 Å². The zero-order valence-corrected chi connectivity index (χ0v) is 14.0. The fraction of sp³-hybridized carbons (Fsp3) is 0.312. The van der Waals surface area contributed by atoms with Crippen LogP contribution in [0.1, 0.15) is 35.1 Å². The number of hydrogen-bond donors (Lipinski definition) is 4. The molecule has 0 bridgehead atoms. The van der Waals surface area contributed by atoms with Crippen molar-refractivity contribution in [3.8, 4) is 0 Å². The maximum absolute atomic E-state index is 13.8. The number of carbonyl (C=O) groups is 2. The molecule has 0 saturated carbocycles. The second-order valence-electron chi connectivity index (χ2n) is 5.71. The highest BCUT2D eigenvalue weighted by Crippen LogP contribution is 2.21. The highest BCUT2D eigenvalue weighted by molar-refractivity contribution is 6.34. The first-order valence-electron chi connectivity index (χ1n) is 7.86. The van der Waals surface area contributed by atoms with E-state index in [2.05, 4.69) is 26.1 Å². The van der Waals surface area contributed by atoms with E-state index >= 15 is 0 Å². The molecule has 7 nitrogen and oxygen atoms in total. The molecule has 134 valence electrons. The Morgan fingerprint density at radius 2 is 2.04 bits per heavy atom. The van der Waals surface area contributed by atoms with Crippen molar-refractivity contribution in [2.24, 2.45) is 0 Å². The summed E-state index contributed by atoms with van der Waals surface area (Å²) in [6.45, 7) is 1.67. The van der Waals surface area contributed by atoms with Gasteiger partial charge in [0.05, 0.1) is 22.5 Å². The second kappa shape index (κ2) is 7.62. The maximum Gasteiger partial charge on any atom is 0.271 e. The average molecular weight is 368 g/mol. The highest BCUT2D eigenvalue weighted by atomic mass is 35.5. The Balaban J connectivity index is 0.00000243. The van der Waals surface area contributed by atoms with Gasteiger partial charge >= 0.3 is 0 Å². The summed E-state index contributed by atoms with van der Waals surface area (Å²) in [5.41, 5.74) is -0.00909. The van der Waals surface area contributed by atoms with Crippen molar-refractivity contribution in [1.82, 2.24) is 20.8 Å². The normalized spacial score (nSPS) is 15.0. The third-order valence-corrected chi connectivity index (χ3v) is 4.29. The Labute approximate surface area is 149 Å². The Morgan fingerprint density at radius 3 is 2.76 bits per heavy atom. The predicted octanol–water partition coefficient (Wildman–Crippen LogP) is 2.18. The third kappa shape index (κ3) is 3.97. The Morgan fingerprint density at radius 1 is 1.28 bits per heavy atom. The zero-order valence-electron chi connectivity index (χ0n) is 13.2. The van der Waals surface area contributed by atoms with Gasteiger partial charge in [0.25, 0.3) is 11.8 Å². The molecule has 1 aliphatic rings. The third-order valence-electron chi connectivity index (χ3n) is 3.98. The van der Waals surface area contributed by atoms with Crippen LogP contribution in [-0.2, 0) is 0 Å². The molecule has 25 heavy (non-hydrogen) atoms. The zero-order chi connectivity index (χ0) is 17.8. The summed E-state index contributed by atoms with van der Waals surface area (Å²) in [5.74, 6) is -1.87. The average Bonchev–Trinajstić information content (AvgIpc) is 3.04. The van der Waals surface area contributed by atoms with Gasteiger partial charge in [-0.3, -0.25) is 14.7 Å². The van der Waals surface area contributed by atoms with Gasteiger partial charge < -0.3 is 16.0 Å². The van der Waals surface area contributed by atoms with Gasteiger partial charge in [-0.15, -0.1) is 0 Å². The minimum absolute atomic E-state index is 0. The SMILES string of the molecule is O=C(NC1CCNCC1)c1[nH]ncc1NC(=O)c1c(F)cccc1Cl.[HH]. The smallest absolute Gasteiger partial charge is 0.271 e. The van der Waals surface area contributed by atoms with Crippen LogP contribution in [-0.4, -0.2) is 41.1 Å². The van der Waals surface area contributed by atoms with Crippen LogP contribution in [0.2, 0.25) is 5.02 Å². The number of hydrogen-bond acceptors (Lipinski definition) is 4. The quantitative estimate of drug-likeness (QED) is 0.665. The monoisotopic (exact) mass is 367 g/mol. The van der Waals surface area contributed by atoms with Gasteiger partial charge in [0.1, 0.15) is 11.5 Å². The molecule has 2 aromatic rings. The van der Waals surface area contributed by atoms with Gasteiger partial charge in [-0.1, -0.05) is 17.7 Å². The van der Waals surface area contributed by atoms with E-state index in [1.165, 1.54) is 18.3 Å². The molecule has 1 aromatic heterocycles. The number of aromatic amines is 1. The second-order valence-corrected chi connectivity index (χ2v) is 6.11. The Hall–Kier alpha value is -2.45. The molecule has 4 N–H and O–H groups in total. The Bertz CT molecular complexity index is 774. The van der Waals surface area contributed by atoms with Gasteiger partial charge in [-0.25, -0.2) is 4.39 Å². The van der Waals surface area contributed by atoms with Crippen molar-refractivity contribution >= 4 is 29.1 Å². The molecule has 3 rings (SSSR count). The van der Waals surface area contributed by atoms with E-state index < -0.39 is 11.7 Å². The molecule has 0 unspecified atom stereocenters. The lowest BCUT2D eigenvalue weighted by atomic mass is 10.1. The largest absolute Gasteiger partial charge is 0.348 e. The van der Waals surface area contributed by atoms with Gasteiger partial charge in [0, 0.05) is 7.47 Å². The van der Waals surface area contributed by atoms with Gasteiger partial charge in [-0.2, -0.15) is 5.10 Å². The summed E-state index contributed by atoms with van der Waals surface area (Å²) in [7, 11) is 0. The number of carbonyl (C=O) groups excluding carboxylic acids is 2. The number of aromatic nitrogens is 2. The number of piperidine rings is 1. The number of H-pyrrole nitrogens is 1. The van der Waals surface area contributed by atoms with Crippen LogP contribution in [0, 0.1) is 5.82 Å². The molecule has 1 aromatic carbocycles. The summed E-state index contributed by atoms with van der Waals surface area (Å²) < 4.78 is 13.8. The van der Waals surface area contributed by atoms with Crippen molar-refractivity contribution in [3.63, 3.8) is 0 Å². The summed E-state index contributed by atoms with van der Waals surface area (Å²) >= 11 is 5.89. The minimum atomic E-state index is -0.750. The minimum Gasteiger partial charge on any atom is -0.348 e. The number of nitrogens with one attached hydrogen (secondary N) is 4. The van der Waals surface area contributed by atoms with Crippen LogP contribution >= 0.6 is 11.6 Å². The van der Waals surface area contributed by atoms with Crippen LogP contribution in [0.25, 0.3) is 0 Å². The van der Waals surface area contributed by atoms with E-state index in [4.69, 9.17) is 11.6 Å². The molecule has 2 heterocycles.